The molecule has 1 aliphatic heterocycles. The van der Waals surface area contributed by atoms with Crippen molar-refractivity contribution in [3.8, 4) is 0 Å². The predicted molar refractivity (Wildman–Crippen MR) is 121 cm³/mol. The third kappa shape index (κ3) is 7.44. The number of benzene rings is 1. The van der Waals surface area contributed by atoms with Gasteiger partial charge >= 0.3 is 172 Å². The first kappa shape index (κ1) is 22.8. The van der Waals surface area contributed by atoms with Crippen LogP contribution in [0.15, 0.2) is 35.3 Å². The number of hydrogen-bond acceptors (Lipinski definition) is 2. The number of unbranched alkanes of at least 4 members (excludes halogenated alkanes) is 3. The Kier molecular flexibility index (Phi) is 10.8. The van der Waals surface area contributed by atoms with E-state index in [1.54, 1.807) is 13.3 Å². The van der Waals surface area contributed by atoms with Crippen molar-refractivity contribution < 1.29 is 4.74 Å². The fraction of sp³-hybridized carbons (Fsp3) is 0.708. The zero-order chi connectivity index (χ0) is 19.4. The third-order valence-corrected chi connectivity index (χ3v) is 23.0. The average Bonchev–Trinajstić information content (AvgIpc) is 2.73. The van der Waals surface area contributed by atoms with Gasteiger partial charge in [0.05, 0.1) is 0 Å². The standard InChI is InChI=1S/C12H14NO.3C4H9.Sn/c1-2-6-11(7-3-1)10-14-12-8-4-5-9-13-12;3*1-3-4-2;/h1-3,6-7,9H,4-5,8,10H2;3*1,3-4H2,2H3;. The second-order valence-corrected chi connectivity index (χ2v) is 22.3. The minimum absolute atomic E-state index is 0.670. The summed E-state index contributed by atoms with van der Waals surface area (Å²) in [6.45, 7) is 7.74. The molecule has 0 fully saturated rings. The molecular formula is C24H41NOSn. The first-order valence-corrected chi connectivity index (χ1v) is 19.2. The summed E-state index contributed by atoms with van der Waals surface area (Å²) in [7, 11) is 0. The fourth-order valence-corrected chi connectivity index (χ4v) is 22.1. The molecule has 27 heavy (non-hydrogen) atoms. The summed E-state index contributed by atoms with van der Waals surface area (Å²) in [6, 6.07) is 10.5. The van der Waals surface area contributed by atoms with Gasteiger partial charge in [-0.25, -0.2) is 0 Å². The second kappa shape index (κ2) is 12.9. The Bertz CT molecular complexity index is 521. The van der Waals surface area contributed by atoms with Crippen LogP contribution in [0.3, 0.4) is 0 Å². The molecule has 0 saturated carbocycles. The molecule has 0 amide bonds. The van der Waals surface area contributed by atoms with E-state index in [1.807, 2.05) is 0 Å². The normalized spacial score (nSPS) is 17.6. The Morgan fingerprint density at radius 3 is 2.07 bits per heavy atom. The van der Waals surface area contributed by atoms with Crippen LogP contribution < -0.4 is 0 Å². The van der Waals surface area contributed by atoms with Gasteiger partial charge in [-0.05, 0) is 0 Å². The summed E-state index contributed by atoms with van der Waals surface area (Å²) in [5.41, 5.74) is 1.25. The summed E-state index contributed by atoms with van der Waals surface area (Å²) in [5.74, 6) is 1.06. The number of hydrogen-bond donors (Lipinski definition) is 0. The van der Waals surface area contributed by atoms with E-state index < -0.39 is 18.4 Å². The molecular weight excluding hydrogens is 437 g/mol. The summed E-state index contributed by atoms with van der Waals surface area (Å²) >= 11 is -2.28. The first-order chi connectivity index (χ1) is 13.2. The Labute approximate surface area is 172 Å². The molecule has 2 rings (SSSR count). The van der Waals surface area contributed by atoms with E-state index in [0.29, 0.717) is 10.7 Å². The number of nitrogens with zero attached hydrogens (tertiary/aromatic N) is 1. The number of rotatable bonds is 12. The Morgan fingerprint density at radius 1 is 0.926 bits per heavy atom. The van der Waals surface area contributed by atoms with Crippen molar-refractivity contribution in [2.45, 2.75) is 103 Å². The molecule has 1 heterocycles. The van der Waals surface area contributed by atoms with Crippen LogP contribution in [-0.2, 0) is 11.3 Å². The van der Waals surface area contributed by atoms with Crippen molar-refractivity contribution >= 4 is 24.3 Å². The molecule has 0 spiro atoms. The Hall–Kier alpha value is -0.511. The SMILES string of the molecule is CCC[CH2][Sn]([CH2]CCC)([CH2]CCC)[CH]1CCCC(OCc2ccccc2)=N1. The Morgan fingerprint density at radius 2 is 1.52 bits per heavy atom. The van der Waals surface area contributed by atoms with Gasteiger partial charge in [0.1, 0.15) is 0 Å². The molecule has 0 saturated heterocycles. The summed E-state index contributed by atoms with van der Waals surface area (Å²) in [6.07, 6.45) is 12.0. The van der Waals surface area contributed by atoms with E-state index in [9.17, 15) is 0 Å². The van der Waals surface area contributed by atoms with Crippen LogP contribution in [0.1, 0.15) is 84.1 Å². The van der Waals surface area contributed by atoms with Gasteiger partial charge < -0.3 is 0 Å². The van der Waals surface area contributed by atoms with Crippen LogP contribution in [-0.4, -0.2) is 28.3 Å². The predicted octanol–water partition coefficient (Wildman–Crippen LogP) is 7.54. The van der Waals surface area contributed by atoms with Crippen LogP contribution in [0.2, 0.25) is 13.3 Å². The van der Waals surface area contributed by atoms with Gasteiger partial charge in [-0.3, -0.25) is 0 Å². The van der Waals surface area contributed by atoms with E-state index in [1.165, 1.54) is 56.9 Å². The van der Waals surface area contributed by atoms with Gasteiger partial charge in [-0.15, -0.1) is 0 Å². The van der Waals surface area contributed by atoms with Gasteiger partial charge in [-0.1, -0.05) is 0 Å². The van der Waals surface area contributed by atoms with Gasteiger partial charge in [0.25, 0.3) is 0 Å². The molecule has 1 aliphatic rings. The maximum absolute atomic E-state index is 6.19. The quantitative estimate of drug-likeness (QED) is 0.285. The van der Waals surface area contributed by atoms with Crippen LogP contribution in [0.4, 0.5) is 0 Å². The second-order valence-electron chi connectivity index (χ2n) is 8.38. The van der Waals surface area contributed by atoms with Crippen molar-refractivity contribution in [1.82, 2.24) is 0 Å². The Balaban J connectivity index is 2.12. The molecule has 0 aliphatic carbocycles. The zero-order valence-electron chi connectivity index (χ0n) is 18.0. The summed E-state index contributed by atoms with van der Waals surface area (Å²) < 4.78 is 11.5. The molecule has 0 radical (unpaired) electrons. The van der Waals surface area contributed by atoms with E-state index in [0.717, 1.165) is 12.3 Å². The molecule has 2 nitrogen and oxygen atoms in total. The van der Waals surface area contributed by atoms with E-state index in [4.69, 9.17) is 9.73 Å². The molecule has 0 bridgehead atoms. The minimum atomic E-state index is -2.28. The average molecular weight is 478 g/mol. The van der Waals surface area contributed by atoms with Gasteiger partial charge in [-0.2, -0.15) is 0 Å². The molecule has 3 heteroatoms. The van der Waals surface area contributed by atoms with E-state index >= 15 is 0 Å². The monoisotopic (exact) mass is 479 g/mol. The number of ether oxygens (including phenoxy) is 1. The molecule has 1 unspecified atom stereocenters. The zero-order valence-corrected chi connectivity index (χ0v) is 20.9. The molecule has 0 aromatic heterocycles. The first-order valence-electron chi connectivity index (χ1n) is 11.5. The van der Waals surface area contributed by atoms with Crippen molar-refractivity contribution in [2.24, 2.45) is 4.99 Å². The molecule has 1 aromatic carbocycles. The van der Waals surface area contributed by atoms with Crippen molar-refractivity contribution in [2.75, 3.05) is 0 Å². The maximum atomic E-state index is 6.19. The number of aliphatic imine (C=N–C) groups is 1. The summed E-state index contributed by atoms with van der Waals surface area (Å²) in [5, 5.41) is 0. The van der Waals surface area contributed by atoms with E-state index in [2.05, 4.69) is 51.1 Å². The molecule has 1 atom stereocenters. The van der Waals surface area contributed by atoms with Crippen LogP contribution in [0, 0.1) is 0 Å². The molecule has 152 valence electrons. The third-order valence-electron chi connectivity index (χ3n) is 6.21. The molecule has 0 N–H and O–H groups in total. The fourth-order valence-electron chi connectivity index (χ4n) is 4.50. The van der Waals surface area contributed by atoms with Crippen LogP contribution in [0.25, 0.3) is 0 Å². The van der Waals surface area contributed by atoms with Gasteiger partial charge in [0, 0.05) is 0 Å². The van der Waals surface area contributed by atoms with Gasteiger partial charge in [0.15, 0.2) is 0 Å². The summed E-state index contributed by atoms with van der Waals surface area (Å²) in [4.78, 5) is 5.32. The molecule has 1 aromatic rings. The van der Waals surface area contributed by atoms with Crippen molar-refractivity contribution in [3.63, 3.8) is 0 Å². The van der Waals surface area contributed by atoms with Crippen molar-refractivity contribution in [3.05, 3.63) is 35.9 Å². The topological polar surface area (TPSA) is 21.6 Å². The van der Waals surface area contributed by atoms with Crippen LogP contribution >= 0.6 is 0 Å². The van der Waals surface area contributed by atoms with Crippen LogP contribution in [0.5, 0.6) is 0 Å². The van der Waals surface area contributed by atoms with Gasteiger partial charge in [0.2, 0.25) is 0 Å². The van der Waals surface area contributed by atoms with E-state index in [-0.39, 0.29) is 0 Å². The van der Waals surface area contributed by atoms with Crippen molar-refractivity contribution in [1.29, 1.82) is 0 Å².